The minimum atomic E-state index is -0.0844. The van der Waals surface area contributed by atoms with Gasteiger partial charge >= 0.3 is 0 Å². The number of aromatic nitrogens is 2. The summed E-state index contributed by atoms with van der Waals surface area (Å²) in [5, 5.41) is 15.7. The van der Waals surface area contributed by atoms with Crippen LogP contribution in [0.25, 0.3) is 32.9 Å². The Labute approximate surface area is 220 Å². The molecule has 6 aromatic rings. The molecule has 0 aliphatic carbocycles. The Kier molecular flexibility index (Phi) is 6.04. The van der Waals surface area contributed by atoms with Crippen LogP contribution in [0.3, 0.4) is 0 Å². The zero-order chi connectivity index (χ0) is 25.9. The van der Waals surface area contributed by atoms with Crippen molar-refractivity contribution >= 4 is 44.6 Å². The van der Waals surface area contributed by atoms with E-state index in [0.29, 0.717) is 28.6 Å². The van der Waals surface area contributed by atoms with Crippen LogP contribution in [0.2, 0.25) is 0 Å². The number of amidine groups is 2. The molecule has 0 saturated heterocycles. The lowest BCUT2D eigenvalue weighted by atomic mass is 10.1. The first-order valence-corrected chi connectivity index (χ1v) is 12.3. The molecule has 0 bridgehead atoms. The van der Waals surface area contributed by atoms with Crippen LogP contribution in [-0.2, 0) is 0 Å². The van der Waals surface area contributed by atoms with E-state index in [4.69, 9.17) is 21.1 Å². The standard InChI is InChI=1S/C32H24N6/c33-31(34)29-19-7-17-27(35-29)28-18-8-20-30(36-28)32(37-25-15-5-11-21-9-1-3-13-23(21)25)38-26-16-6-12-22-10-2-4-14-24(22)26/h1-20H,(H3,33,34)(H,37,38). The second-order valence-electron chi connectivity index (χ2n) is 8.84. The fraction of sp³-hybridized carbons (Fsp3) is 0. The van der Waals surface area contributed by atoms with Gasteiger partial charge in [-0.1, -0.05) is 84.9 Å². The summed E-state index contributed by atoms with van der Waals surface area (Å²) in [4.78, 5) is 14.6. The lowest BCUT2D eigenvalue weighted by Gasteiger charge is -2.14. The molecule has 0 aliphatic rings. The molecular weight excluding hydrogens is 468 g/mol. The topological polar surface area (TPSA) is 100 Å². The highest BCUT2D eigenvalue weighted by atomic mass is 15.0. The van der Waals surface area contributed by atoms with Crippen LogP contribution in [0, 0.1) is 5.41 Å². The van der Waals surface area contributed by atoms with Gasteiger partial charge in [0.25, 0.3) is 0 Å². The molecule has 2 aromatic heterocycles. The quantitative estimate of drug-likeness (QED) is 0.180. The number of hydrogen-bond acceptors (Lipinski definition) is 4. The first kappa shape index (κ1) is 23.1. The van der Waals surface area contributed by atoms with E-state index < -0.39 is 0 Å². The lowest BCUT2D eigenvalue weighted by molar-refractivity contribution is 1.20. The van der Waals surface area contributed by atoms with Crippen LogP contribution in [0.1, 0.15) is 11.4 Å². The summed E-state index contributed by atoms with van der Waals surface area (Å²) in [6.07, 6.45) is 0. The van der Waals surface area contributed by atoms with Gasteiger partial charge in [-0.15, -0.1) is 0 Å². The molecule has 4 N–H and O–H groups in total. The van der Waals surface area contributed by atoms with E-state index in [1.807, 2.05) is 78.9 Å². The molecule has 6 rings (SSSR count). The Bertz CT molecular complexity index is 1830. The average Bonchev–Trinajstić information content (AvgIpc) is 2.97. The minimum Gasteiger partial charge on any atom is -0.382 e. The van der Waals surface area contributed by atoms with Gasteiger partial charge in [0, 0.05) is 16.5 Å². The smallest absolute Gasteiger partial charge is 0.157 e. The number of rotatable bonds is 5. The second-order valence-corrected chi connectivity index (χ2v) is 8.84. The molecule has 0 fully saturated rings. The predicted molar refractivity (Wildman–Crippen MR) is 156 cm³/mol. The number of fused-ring (bicyclic) bond motifs is 2. The molecule has 0 saturated carbocycles. The van der Waals surface area contributed by atoms with Crippen LogP contribution in [0.5, 0.6) is 0 Å². The zero-order valence-electron chi connectivity index (χ0n) is 20.5. The van der Waals surface area contributed by atoms with Gasteiger partial charge in [0.15, 0.2) is 5.84 Å². The average molecular weight is 493 g/mol. The Balaban J connectivity index is 1.51. The van der Waals surface area contributed by atoms with Gasteiger partial charge in [-0.05, 0) is 47.2 Å². The summed E-state index contributed by atoms with van der Waals surface area (Å²) in [6, 6.07) is 39.9. The maximum absolute atomic E-state index is 7.75. The van der Waals surface area contributed by atoms with E-state index in [1.54, 1.807) is 6.07 Å². The van der Waals surface area contributed by atoms with E-state index in [-0.39, 0.29) is 5.84 Å². The molecule has 4 aromatic carbocycles. The summed E-state index contributed by atoms with van der Waals surface area (Å²) in [7, 11) is 0. The number of nitrogens with two attached hydrogens (primary N) is 1. The third kappa shape index (κ3) is 4.58. The van der Waals surface area contributed by atoms with Crippen molar-refractivity contribution in [2.24, 2.45) is 10.7 Å². The molecule has 38 heavy (non-hydrogen) atoms. The Morgan fingerprint density at radius 3 is 1.89 bits per heavy atom. The molecule has 0 atom stereocenters. The van der Waals surface area contributed by atoms with Crippen molar-refractivity contribution in [1.82, 2.24) is 9.97 Å². The van der Waals surface area contributed by atoms with E-state index in [1.165, 1.54) is 0 Å². The Morgan fingerprint density at radius 1 is 0.605 bits per heavy atom. The second kappa shape index (κ2) is 9.95. The number of nitrogens with zero attached hydrogens (tertiary/aromatic N) is 3. The van der Waals surface area contributed by atoms with Crippen molar-refractivity contribution < 1.29 is 0 Å². The normalized spacial score (nSPS) is 11.5. The number of anilines is 1. The predicted octanol–water partition coefficient (Wildman–Crippen LogP) is 6.92. The minimum absolute atomic E-state index is 0.0844. The fourth-order valence-corrected chi connectivity index (χ4v) is 4.47. The van der Waals surface area contributed by atoms with Gasteiger partial charge in [-0.2, -0.15) is 0 Å². The van der Waals surface area contributed by atoms with Crippen LogP contribution < -0.4 is 11.1 Å². The molecule has 0 aliphatic heterocycles. The number of hydrogen-bond donors (Lipinski definition) is 3. The van der Waals surface area contributed by atoms with Crippen LogP contribution >= 0.6 is 0 Å². The number of nitrogen functional groups attached to an aromatic ring is 1. The van der Waals surface area contributed by atoms with Gasteiger partial charge in [-0.3, -0.25) is 5.41 Å². The highest BCUT2D eigenvalue weighted by Crippen LogP contribution is 2.28. The van der Waals surface area contributed by atoms with E-state index in [2.05, 4.69) is 46.7 Å². The zero-order valence-corrected chi connectivity index (χ0v) is 20.5. The highest BCUT2D eigenvalue weighted by molar-refractivity contribution is 6.13. The van der Waals surface area contributed by atoms with Gasteiger partial charge < -0.3 is 11.1 Å². The Morgan fingerprint density at radius 2 is 1.16 bits per heavy atom. The van der Waals surface area contributed by atoms with Crippen molar-refractivity contribution in [2.75, 3.05) is 5.32 Å². The summed E-state index contributed by atoms with van der Waals surface area (Å²) in [5.41, 5.74) is 9.82. The first-order chi connectivity index (χ1) is 18.7. The van der Waals surface area contributed by atoms with Crippen molar-refractivity contribution in [2.45, 2.75) is 0 Å². The number of benzene rings is 4. The monoisotopic (exact) mass is 492 g/mol. The molecule has 2 heterocycles. The van der Waals surface area contributed by atoms with Gasteiger partial charge in [0.1, 0.15) is 17.2 Å². The molecule has 0 spiro atoms. The van der Waals surface area contributed by atoms with Crippen molar-refractivity contribution in [3.05, 3.63) is 133 Å². The summed E-state index contributed by atoms with van der Waals surface area (Å²) in [5.74, 6) is 0.529. The van der Waals surface area contributed by atoms with Gasteiger partial charge in [-0.25, -0.2) is 15.0 Å². The highest BCUT2D eigenvalue weighted by Gasteiger charge is 2.13. The molecule has 182 valence electrons. The summed E-state index contributed by atoms with van der Waals surface area (Å²) < 4.78 is 0. The SMILES string of the molecule is N=C(N)c1cccc(-c2cccc(/C(=N/c3cccc4ccccc34)Nc3cccc4ccccc34)n2)n1. The molecule has 6 heteroatoms. The van der Waals surface area contributed by atoms with Gasteiger partial charge in [0.2, 0.25) is 0 Å². The molecule has 0 unspecified atom stereocenters. The Hall–Kier alpha value is -5.36. The number of aliphatic imine (C=N–C) groups is 1. The van der Waals surface area contributed by atoms with Gasteiger partial charge in [0.05, 0.1) is 17.1 Å². The van der Waals surface area contributed by atoms with Crippen molar-refractivity contribution in [3.63, 3.8) is 0 Å². The summed E-state index contributed by atoms with van der Waals surface area (Å²) in [6.45, 7) is 0. The van der Waals surface area contributed by atoms with E-state index in [9.17, 15) is 0 Å². The van der Waals surface area contributed by atoms with Crippen molar-refractivity contribution in [3.8, 4) is 11.4 Å². The first-order valence-electron chi connectivity index (χ1n) is 12.3. The molecule has 0 radical (unpaired) electrons. The van der Waals surface area contributed by atoms with Crippen LogP contribution in [0.15, 0.2) is 126 Å². The lowest BCUT2D eigenvalue weighted by Crippen LogP contribution is -2.16. The van der Waals surface area contributed by atoms with E-state index >= 15 is 0 Å². The largest absolute Gasteiger partial charge is 0.382 e. The van der Waals surface area contributed by atoms with Crippen LogP contribution in [-0.4, -0.2) is 21.6 Å². The number of nitrogens with one attached hydrogen (secondary N) is 2. The molecular formula is C32H24N6. The van der Waals surface area contributed by atoms with Crippen molar-refractivity contribution in [1.29, 1.82) is 5.41 Å². The third-order valence-corrected chi connectivity index (χ3v) is 6.32. The number of pyridine rings is 2. The summed E-state index contributed by atoms with van der Waals surface area (Å²) >= 11 is 0. The van der Waals surface area contributed by atoms with E-state index in [0.717, 1.165) is 32.9 Å². The maximum Gasteiger partial charge on any atom is 0.157 e. The molecule has 0 amide bonds. The third-order valence-electron chi connectivity index (χ3n) is 6.32. The maximum atomic E-state index is 7.75. The fourth-order valence-electron chi connectivity index (χ4n) is 4.47. The molecule has 6 nitrogen and oxygen atoms in total. The van der Waals surface area contributed by atoms with Crippen LogP contribution in [0.4, 0.5) is 11.4 Å².